The lowest BCUT2D eigenvalue weighted by atomic mass is 9.89. The first-order valence-electron chi connectivity index (χ1n) is 7.40. The maximum Gasteiger partial charge on any atom is 0.242 e. The Balaban J connectivity index is 1.79. The molecule has 4 nitrogen and oxygen atoms in total. The second-order valence-electron chi connectivity index (χ2n) is 5.75. The molecule has 1 N–H and O–H groups in total. The topological polar surface area (TPSA) is 41.6 Å². The fourth-order valence-electron chi connectivity index (χ4n) is 2.59. The molecule has 0 radical (unpaired) electrons. The van der Waals surface area contributed by atoms with Crippen molar-refractivity contribution in [2.75, 3.05) is 26.7 Å². The predicted molar refractivity (Wildman–Crippen MR) is 84.8 cm³/mol. The lowest BCUT2D eigenvalue weighted by molar-refractivity contribution is -0.137. The summed E-state index contributed by atoms with van der Waals surface area (Å²) in [5.41, 5.74) is -0.423. The number of nitrogens with zero attached hydrogens (tertiary/aromatic N) is 1. The quantitative estimate of drug-likeness (QED) is 0.909. The zero-order chi connectivity index (χ0) is 15.3. The minimum absolute atomic E-state index is 0.141. The number of carbonyl (C=O) groups excluding carboxylic acids is 1. The third kappa shape index (κ3) is 4.35. The molecule has 1 amide bonds. The molecule has 1 unspecified atom stereocenters. The van der Waals surface area contributed by atoms with E-state index in [4.69, 9.17) is 16.3 Å². The van der Waals surface area contributed by atoms with Crippen molar-refractivity contribution in [3.05, 3.63) is 29.3 Å². The van der Waals surface area contributed by atoms with Gasteiger partial charge in [0.2, 0.25) is 5.91 Å². The van der Waals surface area contributed by atoms with Crippen LogP contribution in [-0.2, 0) is 4.79 Å². The summed E-state index contributed by atoms with van der Waals surface area (Å²) in [5, 5.41) is 4.03. The molecule has 21 heavy (non-hydrogen) atoms. The molecule has 1 atom stereocenters. The van der Waals surface area contributed by atoms with Gasteiger partial charge in [0.05, 0.1) is 12.1 Å². The number of ether oxygens (including phenoxy) is 1. The van der Waals surface area contributed by atoms with Crippen LogP contribution in [0.4, 0.5) is 0 Å². The Labute approximate surface area is 131 Å². The van der Waals surface area contributed by atoms with Crippen LogP contribution in [0, 0.1) is 0 Å². The first-order chi connectivity index (χ1) is 10.0. The van der Waals surface area contributed by atoms with Crippen molar-refractivity contribution in [2.24, 2.45) is 0 Å². The first-order valence-corrected chi connectivity index (χ1v) is 7.78. The zero-order valence-corrected chi connectivity index (χ0v) is 13.4. The van der Waals surface area contributed by atoms with Crippen LogP contribution in [0.5, 0.6) is 5.75 Å². The van der Waals surface area contributed by atoms with E-state index in [9.17, 15) is 4.79 Å². The van der Waals surface area contributed by atoms with Crippen LogP contribution in [0.15, 0.2) is 24.3 Å². The minimum Gasteiger partial charge on any atom is -0.492 e. The highest BCUT2D eigenvalue weighted by Crippen LogP contribution is 2.21. The Morgan fingerprint density at radius 2 is 2.10 bits per heavy atom. The highest BCUT2D eigenvalue weighted by molar-refractivity contribution is 6.30. The van der Waals surface area contributed by atoms with E-state index in [0.29, 0.717) is 18.2 Å². The van der Waals surface area contributed by atoms with Crippen molar-refractivity contribution in [1.82, 2.24) is 10.2 Å². The summed E-state index contributed by atoms with van der Waals surface area (Å²) in [4.78, 5) is 14.2. The smallest absolute Gasteiger partial charge is 0.242 e. The van der Waals surface area contributed by atoms with Crippen molar-refractivity contribution in [3.8, 4) is 5.75 Å². The van der Waals surface area contributed by atoms with Gasteiger partial charge in [0.15, 0.2) is 0 Å². The second-order valence-corrected chi connectivity index (χ2v) is 6.18. The third-order valence-electron chi connectivity index (χ3n) is 3.95. The summed E-state index contributed by atoms with van der Waals surface area (Å²) in [6, 6.07) is 7.24. The van der Waals surface area contributed by atoms with Crippen molar-refractivity contribution in [1.29, 1.82) is 0 Å². The summed E-state index contributed by atoms with van der Waals surface area (Å²) in [6.45, 7) is 3.95. The number of piperidine rings is 1. The van der Waals surface area contributed by atoms with Crippen LogP contribution in [0.3, 0.4) is 0 Å². The monoisotopic (exact) mass is 310 g/mol. The number of likely N-dealkylation sites (N-methyl/N-ethyl adjacent to an activating group) is 1. The van der Waals surface area contributed by atoms with E-state index in [1.807, 2.05) is 26.1 Å². The SMILES string of the molecule is CN(CCOc1ccc(Cl)cc1)C(=O)C1(C)CCCCN1. The van der Waals surface area contributed by atoms with Crippen molar-refractivity contribution in [2.45, 2.75) is 31.7 Å². The van der Waals surface area contributed by atoms with Gasteiger partial charge in [-0.15, -0.1) is 0 Å². The Hall–Kier alpha value is -1.26. The standard InChI is InChI=1S/C16H23ClN2O2/c1-16(9-3-4-10-18-16)15(20)19(2)11-12-21-14-7-5-13(17)6-8-14/h5-8,18H,3-4,9-12H2,1-2H3. The summed E-state index contributed by atoms with van der Waals surface area (Å²) >= 11 is 5.82. The van der Waals surface area contributed by atoms with E-state index in [2.05, 4.69) is 5.32 Å². The molecule has 1 fully saturated rings. The van der Waals surface area contributed by atoms with Gasteiger partial charge in [-0.25, -0.2) is 0 Å². The average molecular weight is 311 g/mol. The number of carbonyl (C=O) groups is 1. The van der Waals surface area contributed by atoms with Crippen molar-refractivity contribution < 1.29 is 9.53 Å². The molecule has 0 saturated carbocycles. The molecule has 1 aromatic rings. The highest BCUT2D eigenvalue weighted by Gasteiger charge is 2.36. The van der Waals surface area contributed by atoms with Crippen LogP contribution in [0.1, 0.15) is 26.2 Å². The van der Waals surface area contributed by atoms with E-state index < -0.39 is 5.54 Å². The van der Waals surface area contributed by atoms with E-state index in [1.54, 1.807) is 17.0 Å². The molecule has 1 aliphatic rings. The number of halogens is 1. The number of nitrogens with one attached hydrogen (secondary N) is 1. The second kappa shape index (κ2) is 7.14. The fraction of sp³-hybridized carbons (Fsp3) is 0.562. The number of hydrogen-bond donors (Lipinski definition) is 1. The fourth-order valence-corrected chi connectivity index (χ4v) is 2.72. The number of rotatable bonds is 5. The molecule has 5 heteroatoms. The van der Waals surface area contributed by atoms with E-state index in [-0.39, 0.29) is 5.91 Å². The van der Waals surface area contributed by atoms with Gasteiger partial charge < -0.3 is 15.0 Å². The zero-order valence-electron chi connectivity index (χ0n) is 12.7. The highest BCUT2D eigenvalue weighted by atomic mass is 35.5. The van der Waals surface area contributed by atoms with Gasteiger partial charge in [-0.3, -0.25) is 4.79 Å². The number of amides is 1. The molecule has 1 heterocycles. The lowest BCUT2D eigenvalue weighted by Crippen LogP contribution is -2.57. The minimum atomic E-state index is -0.423. The van der Waals surface area contributed by atoms with E-state index in [1.165, 1.54) is 0 Å². The normalized spacial score (nSPS) is 21.9. The van der Waals surface area contributed by atoms with Gasteiger partial charge in [-0.1, -0.05) is 11.6 Å². The molecule has 0 bridgehead atoms. The molecule has 1 aliphatic heterocycles. The summed E-state index contributed by atoms with van der Waals surface area (Å²) in [6.07, 6.45) is 3.14. The molecular formula is C16H23ClN2O2. The number of benzene rings is 1. The third-order valence-corrected chi connectivity index (χ3v) is 4.20. The van der Waals surface area contributed by atoms with Crippen molar-refractivity contribution in [3.63, 3.8) is 0 Å². The van der Waals surface area contributed by atoms with Gasteiger partial charge in [-0.2, -0.15) is 0 Å². The van der Waals surface area contributed by atoms with Crippen LogP contribution in [0.2, 0.25) is 5.02 Å². The summed E-state index contributed by atoms with van der Waals surface area (Å²) < 4.78 is 5.63. The molecular weight excluding hydrogens is 288 g/mol. The summed E-state index contributed by atoms with van der Waals surface area (Å²) in [5.74, 6) is 0.907. The predicted octanol–water partition coefficient (Wildman–Crippen LogP) is 2.71. The van der Waals surface area contributed by atoms with Gasteiger partial charge >= 0.3 is 0 Å². The van der Waals surface area contributed by atoms with Gasteiger partial charge in [-0.05, 0) is 57.0 Å². The van der Waals surface area contributed by atoms with E-state index in [0.717, 1.165) is 31.6 Å². The van der Waals surface area contributed by atoms with E-state index >= 15 is 0 Å². The van der Waals surface area contributed by atoms with Crippen LogP contribution in [0.25, 0.3) is 0 Å². The molecule has 2 rings (SSSR count). The Bertz CT molecular complexity index is 470. The molecule has 1 aromatic carbocycles. The molecule has 0 aromatic heterocycles. The van der Waals surface area contributed by atoms with Crippen LogP contribution >= 0.6 is 11.6 Å². The molecule has 116 valence electrons. The average Bonchev–Trinajstić information content (AvgIpc) is 2.49. The maximum atomic E-state index is 12.5. The molecule has 0 spiro atoms. The largest absolute Gasteiger partial charge is 0.492 e. The molecule has 1 saturated heterocycles. The molecule has 0 aliphatic carbocycles. The Morgan fingerprint density at radius 3 is 2.71 bits per heavy atom. The van der Waals surface area contributed by atoms with Crippen molar-refractivity contribution >= 4 is 17.5 Å². The van der Waals surface area contributed by atoms with Gasteiger partial charge in [0, 0.05) is 12.1 Å². The Morgan fingerprint density at radius 1 is 1.38 bits per heavy atom. The number of hydrogen-bond acceptors (Lipinski definition) is 3. The van der Waals surface area contributed by atoms with Gasteiger partial charge in [0.25, 0.3) is 0 Å². The Kier molecular flexibility index (Phi) is 5.48. The maximum absolute atomic E-state index is 12.5. The van der Waals surface area contributed by atoms with Crippen LogP contribution < -0.4 is 10.1 Å². The lowest BCUT2D eigenvalue weighted by Gasteiger charge is -2.36. The summed E-state index contributed by atoms with van der Waals surface area (Å²) in [7, 11) is 1.83. The van der Waals surface area contributed by atoms with Gasteiger partial charge in [0.1, 0.15) is 12.4 Å². The van der Waals surface area contributed by atoms with Crippen LogP contribution in [-0.4, -0.2) is 43.1 Å². The first kappa shape index (κ1) is 16.1.